The summed E-state index contributed by atoms with van der Waals surface area (Å²) in [4.78, 5) is 22.0. The molecule has 0 spiro atoms. The summed E-state index contributed by atoms with van der Waals surface area (Å²) in [7, 11) is 1.51. The zero-order valence-electron chi connectivity index (χ0n) is 10.1. The van der Waals surface area contributed by atoms with Crippen molar-refractivity contribution in [2.45, 2.75) is 19.8 Å². The van der Waals surface area contributed by atoms with Gasteiger partial charge in [-0.15, -0.1) is 0 Å². The fourth-order valence-corrected chi connectivity index (χ4v) is 1.51. The fraction of sp³-hybridized carbons (Fsp3) is 0.385. The Kier molecular flexibility index (Phi) is 5.20. The third-order valence-corrected chi connectivity index (χ3v) is 2.34. The van der Waals surface area contributed by atoms with E-state index in [1.807, 2.05) is 6.07 Å². The predicted octanol–water partition coefficient (Wildman–Crippen LogP) is 2.00. The first-order chi connectivity index (χ1) is 8.21. The molecule has 0 atom stereocenters. The number of rotatable bonds is 6. The van der Waals surface area contributed by atoms with Crippen LogP contribution in [0.2, 0.25) is 0 Å². The van der Waals surface area contributed by atoms with Gasteiger partial charge in [0.05, 0.1) is 19.3 Å². The molecule has 4 nitrogen and oxygen atoms in total. The first-order valence-electron chi connectivity index (χ1n) is 5.49. The highest BCUT2D eigenvalue weighted by molar-refractivity contribution is 5.79. The lowest BCUT2D eigenvalue weighted by molar-refractivity contribution is -0.143. The molecule has 0 unspecified atom stereocenters. The minimum absolute atomic E-state index is 0.226. The molecule has 0 heterocycles. The largest absolute Gasteiger partial charge is 0.496 e. The first kappa shape index (κ1) is 13.2. The lowest BCUT2D eigenvalue weighted by atomic mass is 10.1. The highest BCUT2D eigenvalue weighted by Crippen LogP contribution is 2.18. The van der Waals surface area contributed by atoms with Gasteiger partial charge >= 0.3 is 5.97 Å². The molecular weight excluding hydrogens is 220 g/mol. The number of benzene rings is 1. The average molecular weight is 236 g/mol. The zero-order valence-corrected chi connectivity index (χ0v) is 10.1. The van der Waals surface area contributed by atoms with Crippen molar-refractivity contribution in [1.82, 2.24) is 0 Å². The zero-order chi connectivity index (χ0) is 12.7. The van der Waals surface area contributed by atoms with Crippen molar-refractivity contribution >= 4 is 12.3 Å². The van der Waals surface area contributed by atoms with Crippen LogP contribution in [-0.4, -0.2) is 26.0 Å². The van der Waals surface area contributed by atoms with Gasteiger partial charge in [-0.3, -0.25) is 9.59 Å². The van der Waals surface area contributed by atoms with Crippen molar-refractivity contribution in [1.29, 1.82) is 0 Å². The molecule has 1 aromatic rings. The smallest absolute Gasteiger partial charge is 0.306 e. The van der Waals surface area contributed by atoms with Crippen molar-refractivity contribution in [3.8, 4) is 5.75 Å². The van der Waals surface area contributed by atoms with Crippen LogP contribution in [0.4, 0.5) is 0 Å². The summed E-state index contributed by atoms with van der Waals surface area (Å²) in [6, 6.07) is 5.29. The van der Waals surface area contributed by atoms with Gasteiger partial charge in [-0.25, -0.2) is 0 Å². The minimum atomic E-state index is -0.226. The predicted molar refractivity (Wildman–Crippen MR) is 63.3 cm³/mol. The summed E-state index contributed by atoms with van der Waals surface area (Å²) in [6.45, 7) is 2.16. The number of methoxy groups -OCH3 is 1. The Bertz CT molecular complexity index is 398. The quantitative estimate of drug-likeness (QED) is 0.560. The Morgan fingerprint density at radius 2 is 2.18 bits per heavy atom. The average Bonchev–Trinajstić information content (AvgIpc) is 2.36. The summed E-state index contributed by atoms with van der Waals surface area (Å²) < 4.78 is 9.86. The Labute approximate surface area is 101 Å². The Balaban J connectivity index is 2.66. The van der Waals surface area contributed by atoms with Gasteiger partial charge in [0.1, 0.15) is 5.75 Å². The normalized spacial score (nSPS) is 9.76. The summed E-state index contributed by atoms with van der Waals surface area (Å²) >= 11 is 0. The molecule has 0 bridgehead atoms. The SMILES string of the molecule is CCOC(=O)CCc1ccc(OC)c(C=O)c1. The monoisotopic (exact) mass is 236 g/mol. The van der Waals surface area contributed by atoms with Crippen LogP contribution < -0.4 is 4.74 Å². The van der Waals surface area contributed by atoms with Gasteiger partial charge in [-0.2, -0.15) is 0 Å². The molecule has 0 amide bonds. The molecule has 0 aromatic heterocycles. The molecule has 0 saturated heterocycles. The summed E-state index contributed by atoms with van der Waals surface area (Å²) in [6.07, 6.45) is 1.62. The third kappa shape index (κ3) is 3.90. The van der Waals surface area contributed by atoms with Crippen molar-refractivity contribution in [3.63, 3.8) is 0 Å². The number of carbonyl (C=O) groups is 2. The van der Waals surface area contributed by atoms with Crippen LogP contribution in [0.3, 0.4) is 0 Å². The lowest BCUT2D eigenvalue weighted by Gasteiger charge is -2.06. The maximum Gasteiger partial charge on any atom is 0.306 e. The maximum absolute atomic E-state index is 11.2. The summed E-state index contributed by atoms with van der Waals surface area (Å²) in [5, 5.41) is 0. The van der Waals surface area contributed by atoms with Crippen LogP contribution in [0.25, 0.3) is 0 Å². The van der Waals surface area contributed by atoms with Crippen molar-refractivity contribution < 1.29 is 19.1 Å². The van der Waals surface area contributed by atoms with E-state index >= 15 is 0 Å². The number of aryl methyl sites for hydroxylation is 1. The molecule has 0 aliphatic rings. The van der Waals surface area contributed by atoms with E-state index in [9.17, 15) is 9.59 Å². The molecule has 0 aliphatic carbocycles. The molecular formula is C13H16O4. The second kappa shape index (κ2) is 6.68. The second-order valence-corrected chi connectivity index (χ2v) is 3.50. The van der Waals surface area contributed by atoms with Crippen molar-refractivity contribution in [2.75, 3.05) is 13.7 Å². The highest BCUT2D eigenvalue weighted by atomic mass is 16.5. The van der Waals surface area contributed by atoms with Gasteiger partial charge in [0.25, 0.3) is 0 Å². The summed E-state index contributed by atoms with van der Waals surface area (Å²) in [5.74, 6) is 0.316. The number of hydrogen-bond acceptors (Lipinski definition) is 4. The molecule has 0 radical (unpaired) electrons. The van der Waals surface area contributed by atoms with Gasteiger partial charge < -0.3 is 9.47 Å². The van der Waals surface area contributed by atoms with Gasteiger partial charge in [-0.1, -0.05) is 6.07 Å². The Morgan fingerprint density at radius 3 is 2.76 bits per heavy atom. The Morgan fingerprint density at radius 1 is 1.41 bits per heavy atom. The van der Waals surface area contributed by atoms with E-state index in [0.717, 1.165) is 11.8 Å². The number of ether oxygens (including phenoxy) is 2. The molecule has 92 valence electrons. The van der Waals surface area contributed by atoms with Gasteiger partial charge in [0.2, 0.25) is 0 Å². The fourth-order valence-electron chi connectivity index (χ4n) is 1.51. The van der Waals surface area contributed by atoms with Crippen LogP contribution in [0.15, 0.2) is 18.2 Å². The van der Waals surface area contributed by atoms with Gasteiger partial charge in [0, 0.05) is 6.42 Å². The molecule has 1 rings (SSSR count). The lowest BCUT2D eigenvalue weighted by Crippen LogP contribution is -2.05. The van der Waals surface area contributed by atoms with Crippen LogP contribution in [0.1, 0.15) is 29.3 Å². The van der Waals surface area contributed by atoms with E-state index in [4.69, 9.17) is 9.47 Å². The van der Waals surface area contributed by atoms with Gasteiger partial charge in [0.15, 0.2) is 6.29 Å². The minimum Gasteiger partial charge on any atom is -0.496 e. The molecule has 0 fully saturated rings. The highest BCUT2D eigenvalue weighted by Gasteiger charge is 2.06. The van der Waals surface area contributed by atoms with E-state index < -0.39 is 0 Å². The van der Waals surface area contributed by atoms with Gasteiger partial charge in [-0.05, 0) is 31.0 Å². The molecule has 1 aromatic carbocycles. The van der Waals surface area contributed by atoms with Crippen LogP contribution in [-0.2, 0) is 16.0 Å². The first-order valence-corrected chi connectivity index (χ1v) is 5.49. The molecule has 0 N–H and O–H groups in total. The molecule has 0 aliphatic heterocycles. The van der Waals surface area contributed by atoms with E-state index in [1.165, 1.54) is 7.11 Å². The van der Waals surface area contributed by atoms with E-state index in [1.54, 1.807) is 19.1 Å². The number of aldehydes is 1. The molecule has 0 saturated carbocycles. The third-order valence-electron chi connectivity index (χ3n) is 2.34. The standard InChI is InChI=1S/C13H16O4/c1-3-17-13(15)7-5-10-4-6-12(16-2)11(8-10)9-14/h4,6,8-9H,3,5,7H2,1-2H3. The molecule has 4 heteroatoms. The van der Waals surface area contributed by atoms with Crippen LogP contribution in [0, 0.1) is 0 Å². The summed E-state index contributed by atoms with van der Waals surface area (Å²) in [5.41, 5.74) is 1.41. The van der Waals surface area contributed by atoms with E-state index in [-0.39, 0.29) is 5.97 Å². The second-order valence-electron chi connectivity index (χ2n) is 3.50. The topological polar surface area (TPSA) is 52.6 Å². The van der Waals surface area contributed by atoms with E-state index in [0.29, 0.717) is 30.8 Å². The number of hydrogen-bond donors (Lipinski definition) is 0. The number of esters is 1. The van der Waals surface area contributed by atoms with Crippen molar-refractivity contribution in [2.24, 2.45) is 0 Å². The van der Waals surface area contributed by atoms with Crippen LogP contribution in [0.5, 0.6) is 5.75 Å². The maximum atomic E-state index is 11.2. The van der Waals surface area contributed by atoms with Crippen LogP contribution >= 0.6 is 0 Å². The van der Waals surface area contributed by atoms with E-state index in [2.05, 4.69) is 0 Å². The van der Waals surface area contributed by atoms with Crippen molar-refractivity contribution in [3.05, 3.63) is 29.3 Å². The number of carbonyl (C=O) groups excluding carboxylic acids is 2. The molecule has 17 heavy (non-hydrogen) atoms. The Hall–Kier alpha value is -1.84.